The molecule has 7 rings (SSSR count). The lowest BCUT2D eigenvalue weighted by atomic mass is 9.98. The molecule has 0 aliphatic heterocycles. The zero-order valence-electron chi connectivity index (χ0n) is 24.0. The van der Waals surface area contributed by atoms with Crippen molar-refractivity contribution in [2.45, 2.75) is 32.5 Å². The molecule has 0 bridgehead atoms. The summed E-state index contributed by atoms with van der Waals surface area (Å²) in [6.45, 7) is 2.30. The van der Waals surface area contributed by atoms with Gasteiger partial charge in [-0.3, -0.25) is 0 Å². The van der Waals surface area contributed by atoms with Crippen LogP contribution < -0.4 is 0 Å². The van der Waals surface area contributed by atoms with Crippen molar-refractivity contribution in [1.29, 1.82) is 0 Å². The molecule has 0 fully saturated rings. The monoisotopic (exact) mass is 592 g/mol. The lowest BCUT2D eigenvalue weighted by molar-refractivity contribution is -0.134. The summed E-state index contributed by atoms with van der Waals surface area (Å²) in [6.07, 6.45) is -5.45. The number of alkyl halides is 3. The van der Waals surface area contributed by atoms with Crippen LogP contribution in [0.1, 0.15) is 23.4 Å². The number of nitrogens with zero attached hydrogens (tertiary/aromatic N) is 7. The molecule has 0 unspecified atom stereocenters. The molecule has 0 radical (unpaired) electrons. The van der Waals surface area contributed by atoms with Crippen LogP contribution in [0.15, 0.2) is 84.9 Å². The molecule has 0 atom stereocenters. The molecule has 0 saturated heterocycles. The van der Waals surface area contributed by atoms with Crippen LogP contribution in [-0.2, 0) is 20.0 Å². The first-order valence-corrected chi connectivity index (χ1v) is 14.2. The SMILES string of the molecule is Cc1cc(-c2nc3ccccc3n2C)cc2c1nc(CCC(F)(F)F)n2Cc1ccc(-c2ccccc2-c2nn[nH]n2)cc1. The molecular weight excluding hydrogens is 565 g/mol. The number of imidazole rings is 2. The van der Waals surface area contributed by atoms with Gasteiger partial charge in [0.25, 0.3) is 0 Å². The van der Waals surface area contributed by atoms with Gasteiger partial charge in [0, 0.05) is 31.1 Å². The van der Waals surface area contributed by atoms with Gasteiger partial charge in [-0.1, -0.05) is 60.7 Å². The Bertz CT molecular complexity index is 2110. The van der Waals surface area contributed by atoms with Gasteiger partial charge in [-0.05, 0) is 58.7 Å². The Labute approximate surface area is 250 Å². The maximum atomic E-state index is 13.3. The highest BCUT2D eigenvalue weighted by atomic mass is 19.4. The Morgan fingerprint density at radius 1 is 0.818 bits per heavy atom. The van der Waals surface area contributed by atoms with Gasteiger partial charge in [-0.2, -0.15) is 18.4 Å². The molecule has 0 saturated carbocycles. The summed E-state index contributed by atoms with van der Waals surface area (Å²) in [6, 6.07) is 27.7. The average Bonchev–Trinajstić information content (AvgIpc) is 3.75. The normalized spacial score (nSPS) is 12.0. The van der Waals surface area contributed by atoms with Crippen LogP contribution in [0, 0.1) is 6.92 Å². The van der Waals surface area contributed by atoms with Crippen LogP contribution in [0.3, 0.4) is 0 Å². The van der Waals surface area contributed by atoms with Crippen LogP contribution >= 0.6 is 0 Å². The van der Waals surface area contributed by atoms with E-state index in [2.05, 4.69) is 20.6 Å². The molecule has 11 heteroatoms. The number of hydrogen-bond acceptors (Lipinski definition) is 5. The van der Waals surface area contributed by atoms with E-state index in [0.29, 0.717) is 23.7 Å². The molecule has 220 valence electrons. The summed E-state index contributed by atoms with van der Waals surface area (Å²) in [5, 5.41) is 14.4. The largest absolute Gasteiger partial charge is 0.389 e. The number of aryl methyl sites for hydroxylation is 3. The van der Waals surface area contributed by atoms with Crippen molar-refractivity contribution in [3.05, 3.63) is 102 Å². The van der Waals surface area contributed by atoms with E-state index >= 15 is 0 Å². The van der Waals surface area contributed by atoms with E-state index in [1.807, 2.05) is 108 Å². The van der Waals surface area contributed by atoms with Gasteiger partial charge in [0.2, 0.25) is 5.82 Å². The Balaban J connectivity index is 1.29. The fraction of sp³-hybridized carbons (Fsp3) is 0.182. The van der Waals surface area contributed by atoms with E-state index in [0.717, 1.165) is 55.8 Å². The topological polar surface area (TPSA) is 90.1 Å². The van der Waals surface area contributed by atoms with Crippen LogP contribution in [0.5, 0.6) is 0 Å². The molecule has 7 aromatic rings. The predicted octanol–water partition coefficient (Wildman–Crippen LogP) is 7.29. The maximum absolute atomic E-state index is 13.3. The Kier molecular flexibility index (Phi) is 6.72. The molecule has 4 aromatic carbocycles. The third-order valence-corrected chi connectivity index (χ3v) is 7.92. The number of aromatic amines is 1. The third-order valence-electron chi connectivity index (χ3n) is 7.92. The zero-order chi connectivity index (χ0) is 30.4. The average molecular weight is 593 g/mol. The fourth-order valence-corrected chi connectivity index (χ4v) is 5.77. The van der Waals surface area contributed by atoms with Gasteiger partial charge < -0.3 is 9.13 Å². The van der Waals surface area contributed by atoms with Gasteiger partial charge in [-0.15, -0.1) is 10.2 Å². The lowest BCUT2D eigenvalue weighted by Gasteiger charge is -2.13. The van der Waals surface area contributed by atoms with Gasteiger partial charge >= 0.3 is 6.18 Å². The number of H-pyrrole nitrogens is 1. The predicted molar refractivity (Wildman–Crippen MR) is 163 cm³/mol. The minimum Gasteiger partial charge on any atom is -0.327 e. The molecule has 3 heterocycles. The van der Waals surface area contributed by atoms with Crippen molar-refractivity contribution < 1.29 is 13.2 Å². The Morgan fingerprint density at radius 3 is 2.30 bits per heavy atom. The smallest absolute Gasteiger partial charge is 0.327 e. The van der Waals surface area contributed by atoms with Crippen molar-refractivity contribution in [3.63, 3.8) is 0 Å². The second kappa shape index (κ2) is 10.7. The number of tetrazole rings is 1. The number of benzene rings is 4. The summed E-state index contributed by atoms with van der Waals surface area (Å²) in [7, 11) is 1.97. The first kappa shape index (κ1) is 27.5. The van der Waals surface area contributed by atoms with Crippen molar-refractivity contribution in [2.24, 2.45) is 7.05 Å². The number of fused-ring (bicyclic) bond motifs is 2. The second-order valence-electron chi connectivity index (χ2n) is 10.9. The standard InChI is InChI=1S/C33H27F3N8/c1-20-17-23(32-37-26-9-5-6-10-27(26)43(32)2)18-28-30(20)38-29(15-16-33(34,35)36)44(28)19-21-11-13-22(14-12-21)24-7-3-4-8-25(24)31-39-41-42-40-31/h3-14,17-18H,15-16,19H2,1-2H3,(H,39,40,41,42). The zero-order valence-corrected chi connectivity index (χ0v) is 24.0. The number of para-hydroxylation sites is 2. The van der Waals surface area contributed by atoms with Crippen molar-refractivity contribution in [3.8, 4) is 33.9 Å². The third kappa shape index (κ3) is 5.10. The maximum Gasteiger partial charge on any atom is 0.389 e. The van der Waals surface area contributed by atoms with E-state index < -0.39 is 12.6 Å². The van der Waals surface area contributed by atoms with Crippen molar-refractivity contribution >= 4 is 22.1 Å². The highest BCUT2D eigenvalue weighted by molar-refractivity contribution is 5.87. The van der Waals surface area contributed by atoms with Crippen molar-refractivity contribution in [1.82, 2.24) is 39.7 Å². The highest BCUT2D eigenvalue weighted by Gasteiger charge is 2.28. The lowest BCUT2D eigenvalue weighted by Crippen LogP contribution is -2.12. The molecule has 44 heavy (non-hydrogen) atoms. The van der Waals surface area contributed by atoms with Crippen molar-refractivity contribution in [2.75, 3.05) is 0 Å². The van der Waals surface area contributed by atoms with Gasteiger partial charge in [0.05, 0.1) is 28.5 Å². The van der Waals surface area contributed by atoms with E-state index in [1.165, 1.54) is 0 Å². The first-order valence-electron chi connectivity index (χ1n) is 14.2. The van der Waals surface area contributed by atoms with Gasteiger partial charge in [0.15, 0.2) is 0 Å². The molecule has 3 aromatic heterocycles. The summed E-state index contributed by atoms with van der Waals surface area (Å²) in [5.74, 6) is 1.68. The van der Waals surface area contributed by atoms with Crippen LogP contribution in [0.2, 0.25) is 0 Å². The van der Waals surface area contributed by atoms with E-state index in [-0.39, 0.29) is 6.42 Å². The van der Waals surface area contributed by atoms with Crippen LogP contribution in [-0.4, -0.2) is 45.9 Å². The molecule has 1 N–H and O–H groups in total. The highest BCUT2D eigenvalue weighted by Crippen LogP contribution is 2.33. The molecule has 0 aliphatic carbocycles. The quantitative estimate of drug-likeness (QED) is 0.210. The summed E-state index contributed by atoms with van der Waals surface area (Å²) < 4.78 is 44.0. The number of halogens is 3. The van der Waals surface area contributed by atoms with Crippen LogP contribution in [0.4, 0.5) is 13.2 Å². The minimum atomic E-state index is -4.29. The number of hydrogen-bond donors (Lipinski definition) is 1. The number of aromatic nitrogens is 8. The summed E-state index contributed by atoms with van der Waals surface area (Å²) in [4.78, 5) is 9.58. The van der Waals surface area contributed by atoms with Gasteiger partial charge in [0.1, 0.15) is 11.6 Å². The number of rotatable bonds is 7. The molecule has 0 amide bonds. The van der Waals surface area contributed by atoms with Crippen LogP contribution in [0.25, 0.3) is 56.0 Å². The first-order chi connectivity index (χ1) is 21.2. The van der Waals surface area contributed by atoms with E-state index in [1.54, 1.807) is 0 Å². The van der Waals surface area contributed by atoms with E-state index in [9.17, 15) is 13.2 Å². The Morgan fingerprint density at radius 2 is 1.57 bits per heavy atom. The molecule has 0 spiro atoms. The molecule has 8 nitrogen and oxygen atoms in total. The molecular formula is C33H27F3N8. The second-order valence-corrected chi connectivity index (χ2v) is 10.9. The van der Waals surface area contributed by atoms with E-state index in [4.69, 9.17) is 9.97 Å². The van der Waals surface area contributed by atoms with Gasteiger partial charge in [-0.25, -0.2) is 9.97 Å². The fourth-order valence-electron chi connectivity index (χ4n) is 5.77. The number of nitrogens with one attached hydrogen (secondary N) is 1. The summed E-state index contributed by atoms with van der Waals surface area (Å²) >= 11 is 0. The minimum absolute atomic E-state index is 0.213. The summed E-state index contributed by atoms with van der Waals surface area (Å²) in [5.41, 5.74) is 8.78. The molecule has 0 aliphatic rings. The Hall–Kier alpha value is -5.32.